The largest absolute Gasteiger partial charge is 0.388 e. The van der Waals surface area contributed by atoms with Crippen LogP contribution in [0.3, 0.4) is 0 Å². The molecule has 0 radical (unpaired) electrons. The Morgan fingerprint density at radius 3 is 2.15 bits per heavy atom. The molecule has 1 aliphatic rings. The van der Waals surface area contributed by atoms with Gasteiger partial charge in [-0.25, -0.2) is 17.6 Å². The van der Waals surface area contributed by atoms with E-state index in [1.807, 2.05) is 5.32 Å². The Morgan fingerprint density at radius 1 is 1.05 bits per heavy atom. The van der Waals surface area contributed by atoms with E-state index in [4.69, 9.17) is 0 Å². The molecular formula is C14H14F4N2. The molecule has 0 saturated heterocycles. The van der Waals surface area contributed by atoms with Gasteiger partial charge in [0.05, 0.1) is 5.92 Å². The monoisotopic (exact) mass is 286 g/mol. The van der Waals surface area contributed by atoms with Crippen LogP contribution in [0.5, 0.6) is 0 Å². The zero-order valence-corrected chi connectivity index (χ0v) is 11.0. The smallest absolute Gasteiger partial charge is 0.267 e. The maximum Gasteiger partial charge on any atom is 0.267 e. The first-order valence-corrected chi connectivity index (χ1v) is 6.03. The first-order chi connectivity index (χ1) is 9.43. The second kappa shape index (κ2) is 5.28. The summed E-state index contributed by atoms with van der Waals surface area (Å²) in [5.74, 6) is -8.98. The van der Waals surface area contributed by atoms with Crippen molar-refractivity contribution < 1.29 is 17.6 Å². The van der Waals surface area contributed by atoms with Crippen LogP contribution in [0.2, 0.25) is 0 Å². The molecule has 2 atom stereocenters. The van der Waals surface area contributed by atoms with Crippen LogP contribution in [0.25, 0.3) is 0 Å². The number of rotatable bonds is 3. The van der Waals surface area contributed by atoms with Crippen LogP contribution >= 0.6 is 0 Å². The fourth-order valence-electron chi connectivity index (χ4n) is 2.07. The molecule has 20 heavy (non-hydrogen) atoms. The van der Waals surface area contributed by atoms with Gasteiger partial charge in [0, 0.05) is 12.7 Å². The third-order valence-electron chi connectivity index (χ3n) is 3.33. The molecule has 0 aromatic heterocycles. The van der Waals surface area contributed by atoms with Gasteiger partial charge in [-0.15, -0.1) is 0 Å². The lowest BCUT2D eigenvalue weighted by molar-refractivity contribution is 0.136. The Morgan fingerprint density at radius 2 is 1.65 bits per heavy atom. The van der Waals surface area contributed by atoms with Crippen molar-refractivity contribution in [1.29, 1.82) is 0 Å². The van der Waals surface area contributed by atoms with Crippen molar-refractivity contribution >= 4 is 5.69 Å². The highest BCUT2D eigenvalue weighted by Gasteiger charge is 2.46. The molecule has 0 saturated carbocycles. The van der Waals surface area contributed by atoms with E-state index in [1.165, 1.54) is 12.1 Å². The van der Waals surface area contributed by atoms with Crippen LogP contribution in [0.15, 0.2) is 47.8 Å². The van der Waals surface area contributed by atoms with Crippen LogP contribution < -0.4 is 10.6 Å². The predicted molar refractivity (Wildman–Crippen MR) is 70.1 cm³/mol. The summed E-state index contributed by atoms with van der Waals surface area (Å²) in [7, 11) is 2.72. The Balaban J connectivity index is 2.43. The maximum absolute atomic E-state index is 14.0. The molecule has 2 unspecified atom stereocenters. The molecule has 108 valence electrons. The molecule has 0 fully saturated rings. The second-order valence-corrected chi connectivity index (χ2v) is 4.43. The zero-order chi connectivity index (χ0) is 14.9. The molecule has 0 spiro atoms. The number of anilines is 1. The topological polar surface area (TPSA) is 24.1 Å². The summed E-state index contributed by atoms with van der Waals surface area (Å²) >= 11 is 0. The second-order valence-electron chi connectivity index (χ2n) is 4.43. The predicted octanol–water partition coefficient (Wildman–Crippen LogP) is 3.71. The van der Waals surface area contributed by atoms with E-state index in [0.717, 1.165) is 18.8 Å². The molecular weight excluding hydrogens is 272 g/mol. The SMILES string of the molecule is CNc1ccc(C2C=C(F)C(F)(NC)C(F)=C2F)cc1. The first-order valence-electron chi connectivity index (χ1n) is 6.03. The van der Waals surface area contributed by atoms with Gasteiger partial charge in [-0.2, -0.15) is 0 Å². The summed E-state index contributed by atoms with van der Waals surface area (Å²) in [4.78, 5) is 0. The number of likely N-dealkylation sites (N-methyl/N-ethyl adjacent to an activating group) is 1. The molecule has 0 aliphatic heterocycles. The van der Waals surface area contributed by atoms with E-state index < -0.39 is 29.2 Å². The van der Waals surface area contributed by atoms with Gasteiger partial charge in [0.1, 0.15) is 5.83 Å². The van der Waals surface area contributed by atoms with Crippen molar-refractivity contribution in [1.82, 2.24) is 5.32 Å². The van der Waals surface area contributed by atoms with Crippen molar-refractivity contribution in [2.24, 2.45) is 0 Å². The number of nitrogens with one attached hydrogen (secondary N) is 2. The summed E-state index contributed by atoms with van der Waals surface area (Å²) in [6.07, 6.45) is 0.739. The lowest BCUT2D eigenvalue weighted by Gasteiger charge is -2.28. The molecule has 1 aromatic carbocycles. The Hall–Kier alpha value is -1.82. The van der Waals surface area contributed by atoms with Crippen molar-refractivity contribution in [2.45, 2.75) is 11.7 Å². The molecule has 0 amide bonds. The summed E-state index contributed by atoms with van der Waals surface area (Å²) in [6, 6.07) is 6.33. The van der Waals surface area contributed by atoms with Crippen molar-refractivity contribution in [3.05, 3.63) is 53.4 Å². The zero-order valence-electron chi connectivity index (χ0n) is 11.0. The van der Waals surface area contributed by atoms with E-state index in [-0.39, 0.29) is 0 Å². The highest BCUT2D eigenvalue weighted by Crippen LogP contribution is 2.44. The average molecular weight is 286 g/mol. The molecule has 1 aromatic rings. The normalized spacial score (nSPS) is 26.5. The fourth-order valence-corrected chi connectivity index (χ4v) is 2.07. The number of allylic oxidation sites excluding steroid dienone is 2. The van der Waals surface area contributed by atoms with Crippen LogP contribution in [0, 0.1) is 0 Å². The van der Waals surface area contributed by atoms with E-state index in [2.05, 4.69) is 5.32 Å². The van der Waals surface area contributed by atoms with Gasteiger partial charge in [-0.1, -0.05) is 12.1 Å². The summed E-state index contributed by atoms with van der Waals surface area (Å²) in [5, 5.41) is 4.68. The van der Waals surface area contributed by atoms with Gasteiger partial charge in [0.15, 0.2) is 11.7 Å². The maximum atomic E-state index is 14.0. The van der Waals surface area contributed by atoms with Crippen molar-refractivity contribution in [3.8, 4) is 0 Å². The first kappa shape index (κ1) is 14.6. The molecule has 2 rings (SSSR count). The number of hydrogen-bond donors (Lipinski definition) is 2. The number of benzene rings is 1. The van der Waals surface area contributed by atoms with Gasteiger partial charge in [0.2, 0.25) is 0 Å². The Kier molecular flexibility index (Phi) is 3.85. The van der Waals surface area contributed by atoms with Crippen LogP contribution in [-0.4, -0.2) is 19.9 Å². The third-order valence-corrected chi connectivity index (χ3v) is 3.33. The number of hydrogen-bond acceptors (Lipinski definition) is 2. The third kappa shape index (κ3) is 2.20. The van der Waals surface area contributed by atoms with Crippen molar-refractivity contribution in [2.75, 3.05) is 19.4 Å². The number of halogens is 4. The standard InChI is InChI=1S/C14H14F4N2/c1-19-9-5-3-8(4-6-9)10-7-11(15)14(18,20-2)13(17)12(10)16/h3-7,10,19-20H,1-2H3. The van der Waals surface area contributed by atoms with E-state index in [9.17, 15) is 17.6 Å². The van der Waals surface area contributed by atoms with Gasteiger partial charge in [-0.05, 0) is 30.8 Å². The van der Waals surface area contributed by atoms with Crippen molar-refractivity contribution in [3.63, 3.8) is 0 Å². The molecule has 0 heterocycles. The molecule has 6 heteroatoms. The van der Waals surface area contributed by atoms with E-state index in [1.54, 1.807) is 19.2 Å². The van der Waals surface area contributed by atoms with E-state index in [0.29, 0.717) is 5.56 Å². The van der Waals surface area contributed by atoms with Gasteiger partial charge >= 0.3 is 0 Å². The van der Waals surface area contributed by atoms with Crippen LogP contribution in [0.4, 0.5) is 23.2 Å². The Bertz CT molecular complexity index is 565. The highest BCUT2D eigenvalue weighted by atomic mass is 19.2. The Labute approximate surface area is 114 Å². The minimum absolute atomic E-state index is 0.338. The molecule has 2 nitrogen and oxygen atoms in total. The minimum atomic E-state index is -3.22. The lowest BCUT2D eigenvalue weighted by atomic mass is 9.89. The summed E-state index contributed by atoms with van der Waals surface area (Å²) in [5.41, 5.74) is 1.11. The minimum Gasteiger partial charge on any atom is -0.388 e. The molecule has 0 bridgehead atoms. The highest BCUT2D eigenvalue weighted by molar-refractivity contribution is 5.48. The van der Waals surface area contributed by atoms with Gasteiger partial charge < -0.3 is 5.32 Å². The van der Waals surface area contributed by atoms with Crippen LogP contribution in [-0.2, 0) is 0 Å². The fraction of sp³-hybridized carbons (Fsp3) is 0.286. The average Bonchev–Trinajstić information content (AvgIpc) is 2.49. The quantitative estimate of drug-likeness (QED) is 0.654. The lowest BCUT2D eigenvalue weighted by Crippen LogP contribution is -2.42. The molecule has 1 aliphatic carbocycles. The van der Waals surface area contributed by atoms with Gasteiger partial charge in [-0.3, -0.25) is 5.32 Å². The summed E-state index contributed by atoms with van der Waals surface area (Å²) < 4.78 is 55.3. The summed E-state index contributed by atoms with van der Waals surface area (Å²) in [6.45, 7) is 0. The van der Waals surface area contributed by atoms with Crippen LogP contribution in [0.1, 0.15) is 11.5 Å². The van der Waals surface area contributed by atoms with E-state index >= 15 is 0 Å². The number of alkyl halides is 1. The van der Waals surface area contributed by atoms with Gasteiger partial charge in [0.25, 0.3) is 5.79 Å². The molecule has 2 N–H and O–H groups in total.